The Morgan fingerprint density at radius 2 is 1.84 bits per heavy atom. The highest BCUT2D eigenvalue weighted by Crippen LogP contribution is 2.27. The van der Waals surface area contributed by atoms with Gasteiger partial charge < -0.3 is 20.3 Å². The van der Waals surface area contributed by atoms with Gasteiger partial charge in [-0.1, -0.05) is 34.1 Å². The van der Waals surface area contributed by atoms with Crippen LogP contribution in [0, 0.1) is 0 Å². The number of methoxy groups -OCH3 is 1. The van der Waals surface area contributed by atoms with Crippen molar-refractivity contribution >= 4 is 17.8 Å². The molecule has 2 rings (SSSR count). The van der Waals surface area contributed by atoms with Crippen LogP contribution in [0.3, 0.4) is 0 Å². The summed E-state index contributed by atoms with van der Waals surface area (Å²) in [7, 11) is 1.62. The summed E-state index contributed by atoms with van der Waals surface area (Å²) in [5, 5.41) is 10.4. The number of anilines is 1. The van der Waals surface area contributed by atoms with Crippen molar-refractivity contribution in [2.75, 3.05) is 32.1 Å². The van der Waals surface area contributed by atoms with Crippen LogP contribution in [0.1, 0.15) is 53.2 Å². The lowest BCUT2D eigenvalue weighted by molar-refractivity contribution is -0.116. The minimum absolute atomic E-state index is 0.0233. The van der Waals surface area contributed by atoms with E-state index in [1.807, 2.05) is 37.3 Å². The molecule has 1 aromatic carbocycles. The van der Waals surface area contributed by atoms with E-state index in [1.54, 1.807) is 16.7 Å². The zero-order valence-corrected chi connectivity index (χ0v) is 19.5. The summed E-state index contributed by atoms with van der Waals surface area (Å²) in [5.74, 6) is 1.04. The van der Waals surface area contributed by atoms with E-state index in [1.165, 1.54) is 0 Å². The van der Waals surface area contributed by atoms with Crippen LogP contribution < -0.4 is 15.4 Å². The second kappa shape index (κ2) is 10.8. The lowest BCUT2D eigenvalue weighted by Crippen LogP contribution is -2.44. The first kappa shape index (κ1) is 24.2. The third kappa shape index (κ3) is 6.73. The van der Waals surface area contributed by atoms with Gasteiger partial charge in [-0.15, -0.1) is 0 Å². The fraction of sp³-hybridized carbons (Fsp3) is 0.522. The fourth-order valence-electron chi connectivity index (χ4n) is 2.98. The van der Waals surface area contributed by atoms with E-state index in [0.717, 1.165) is 30.0 Å². The maximum Gasteiger partial charge on any atom is 0.317 e. The molecule has 0 aliphatic carbocycles. The average Bonchev–Trinajstić information content (AvgIpc) is 3.15. The van der Waals surface area contributed by atoms with Crippen molar-refractivity contribution in [1.29, 1.82) is 0 Å². The number of nitrogens with one attached hydrogen (secondary N) is 2. The van der Waals surface area contributed by atoms with Crippen molar-refractivity contribution in [3.8, 4) is 11.4 Å². The summed E-state index contributed by atoms with van der Waals surface area (Å²) in [6, 6.07) is 9.11. The molecule has 0 unspecified atom stereocenters. The van der Waals surface area contributed by atoms with Crippen LogP contribution in [0.15, 0.2) is 30.3 Å². The van der Waals surface area contributed by atoms with E-state index < -0.39 is 0 Å². The monoisotopic (exact) mass is 429 g/mol. The van der Waals surface area contributed by atoms with Crippen LogP contribution >= 0.6 is 0 Å². The van der Waals surface area contributed by atoms with Crippen LogP contribution in [-0.4, -0.2) is 53.4 Å². The molecule has 1 aromatic heterocycles. The normalized spacial score (nSPS) is 11.2. The molecule has 0 fully saturated rings. The fourth-order valence-corrected chi connectivity index (χ4v) is 2.98. The van der Waals surface area contributed by atoms with E-state index in [9.17, 15) is 9.59 Å². The Balaban J connectivity index is 2.27. The molecule has 31 heavy (non-hydrogen) atoms. The lowest BCUT2D eigenvalue weighted by atomic mass is 9.92. The highest BCUT2D eigenvalue weighted by molar-refractivity contribution is 5.94. The topological polar surface area (TPSA) is 88.5 Å². The van der Waals surface area contributed by atoms with Crippen LogP contribution in [0.5, 0.6) is 5.75 Å². The Kier molecular flexibility index (Phi) is 8.47. The van der Waals surface area contributed by atoms with Crippen LogP contribution in [-0.2, 0) is 10.2 Å². The number of ether oxygens (including phenoxy) is 1. The Morgan fingerprint density at radius 1 is 1.16 bits per heavy atom. The second-order valence-electron chi connectivity index (χ2n) is 8.43. The van der Waals surface area contributed by atoms with Gasteiger partial charge in [0.15, 0.2) is 0 Å². The van der Waals surface area contributed by atoms with Gasteiger partial charge in [-0.3, -0.25) is 4.79 Å². The number of benzene rings is 1. The summed E-state index contributed by atoms with van der Waals surface area (Å²) in [5.41, 5.74) is 1.47. The largest absolute Gasteiger partial charge is 0.497 e. The maximum absolute atomic E-state index is 12.8. The van der Waals surface area contributed by atoms with E-state index >= 15 is 0 Å². The Hall–Kier alpha value is -3.03. The zero-order chi connectivity index (χ0) is 23.0. The summed E-state index contributed by atoms with van der Waals surface area (Å²) < 4.78 is 6.94. The zero-order valence-electron chi connectivity index (χ0n) is 19.5. The molecule has 2 N–H and O–H groups in total. The molecule has 0 bridgehead atoms. The lowest BCUT2D eigenvalue weighted by Gasteiger charge is -2.22. The van der Waals surface area contributed by atoms with Gasteiger partial charge in [0.05, 0.1) is 18.5 Å². The Labute approximate surface area is 185 Å². The molecular formula is C23H35N5O3. The quantitative estimate of drug-likeness (QED) is 0.632. The minimum Gasteiger partial charge on any atom is -0.497 e. The highest BCUT2D eigenvalue weighted by atomic mass is 16.5. The molecule has 0 aliphatic heterocycles. The number of carbonyl (C=O) groups is 2. The Morgan fingerprint density at radius 3 is 2.39 bits per heavy atom. The summed E-state index contributed by atoms with van der Waals surface area (Å²) >= 11 is 0. The van der Waals surface area contributed by atoms with E-state index in [-0.39, 0.29) is 23.9 Å². The van der Waals surface area contributed by atoms with Crippen molar-refractivity contribution in [2.24, 2.45) is 0 Å². The van der Waals surface area contributed by atoms with Gasteiger partial charge in [0.25, 0.3) is 0 Å². The predicted octanol–water partition coefficient (Wildman–Crippen LogP) is 3.95. The van der Waals surface area contributed by atoms with Crippen molar-refractivity contribution in [2.45, 2.75) is 52.9 Å². The standard InChI is InChI=1S/C23H35N5O3/c1-7-9-14-27(22(30)24-8-2)16-21(29)25-20-15-19(23(3,4)5)26-28(20)17-10-12-18(31-6)13-11-17/h10-13,15H,7-9,14,16H2,1-6H3,(H,24,30)(H,25,29). The first-order valence-corrected chi connectivity index (χ1v) is 10.8. The molecule has 170 valence electrons. The number of amides is 3. The van der Waals surface area contributed by atoms with Crippen molar-refractivity contribution in [3.63, 3.8) is 0 Å². The summed E-state index contributed by atoms with van der Waals surface area (Å²) in [6.07, 6.45) is 1.78. The molecule has 0 saturated carbocycles. The average molecular weight is 430 g/mol. The molecule has 3 amide bonds. The van der Waals surface area contributed by atoms with Gasteiger partial charge in [0.1, 0.15) is 18.1 Å². The number of hydrogen-bond donors (Lipinski definition) is 2. The first-order valence-electron chi connectivity index (χ1n) is 10.8. The number of aromatic nitrogens is 2. The molecule has 8 nitrogen and oxygen atoms in total. The minimum atomic E-state index is -0.266. The number of carbonyl (C=O) groups excluding carboxylic acids is 2. The number of urea groups is 1. The highest BCUT2D eigenvalue weighted by Gasteiger charge is 2.23. The van der Waals surface area contributed by atoms with Gasteiger partial charge in [-0.2, -0.15) is 5.10 Å². The van der Waals surface area contributed by atoms with Gasteiger partial charge in [0, 0.05) is 24.6 Å². The SMILES string of the molecule is CCCCN(CC(=O)Nc1cc(C(C)(C)C)nn1-c1ccc(OC)cc1)C(=O)NCC. The molecule has 0 aliphatic rings. The molecule has 2 aromatic rings. The maximum atomic E-state index is 12.8. The van der Waals surface area contributed by atoms with Crippen LogP contribution in [0.2, 0.25) is 0 Å². The molecule has 0 saturated heterocycles. The van der Waals surface area contributed by atoms with Crippen molar-refractivity contribution in [3.05, 3.63) is 36.0 Å². The molecule has 0 radical (unpaired) electrons. The number of nitrogens with zero attached hydrogens (tertiary/aromatic N) is 3. The smallest absolute Gasteiger partial charge is 0.317 e. The predicted molar refractivity (Wildman–Crippen MR) is 123 cm³/mol. The van der Waals surface area contributed by atoms with Crippen molar-refractivity contribution < 1.29 is 14.3 Å². The van der Waals surface area contributed by atoms with E-state index in [4.69, 9.17) is 9.84 Å². The third-order valence-electron chi connectivity index (χ3n) is 4.79. The van der Waals surface area contributed by atoms with Gasteiger partial charge in [-0.05, 0) is 37.6 Å². The van der Waals surface area contributed by atoms with Crippen molar-refractivity contribution in [1.82, 2.24) is 20.0 Å². The molecule has 0 spiro atoms. The second-order valence-corrected chi connectivity index (χ2v) is 8.43. The third-order valence-corrected chi connectivity index (χ3v) is 4.79. The Bertz CT molecular complexity index is 868. The number of rotatable bonds is 9. The van der Waals surface area contributed by atoms with Gasteiger partial charge in [0.2, 0.25) is 5.91 Å². The summed E-state index contributed by atoms with van der Waals surface area (Å²) in [4.78, 5) is 26.7. The molecule has 0 atom stereocenters. The summed E-state index contributed by atoms with van der Waals surface area (Å²) in [6.45, 7) is 11.1. The molecule has 1 heterocycles. The van der Waals surface area contributed by atoms with Crippen LogP contribution in [0.25, 0.3) is 5.69 Å². The van der Waals surface area contributed by atoms with Gasteiger partial charge in [-0.25, -0.2) is 9.48 Å². The number of unbranched alkanes of at least 4 members (excludes halogenated alkanes) is 1. The molecular weight excluding hydrogens is 394 g/mol. The van der Waals surface area contributed by atoms with E-state index in [2.05, 4.69) is 38.3 Å². The van der Waals surface area contributed by atoms with E-state index in [0.29, 0.717) is 18.9 Å². The first-order chi connectivity index (χ1) is 14.7. The van der Waals surface area contributed by atoms with Gasteiger partial charge >= 0.3 is 6.03 Å². The number of hydrogen-bond acceptors (Lipinski definition) is 4. The molecule has 8 heteroatoms. The van der Waals surface area contributed by atoms with Crippen LogP contribution in [0.4, 0.5) is 10.6 Å².